The smallest absolute Gasteiger partial charge is 0.251 e. The summed E-state index contributed by atoms with van der Waals surface area (Å²) in [6.07, 6.45) is 7.56. The van der Waals surface area contributed by atoms with Crippen molar-refractivity contribution >= 4 is 30.0 Å². The third-order valence-corrected chi connectivity index (χ3v) is 8.31. The summed E-state index contributed by atoms with van der Waals surface area (Å²) in [4.78, 5) is 60.2. The van der Waals surface area contributed by atoms with E-state index in [4.69, 9.17) is 5.21 Å². The van der Waals surface area contributed by atoms with E-state index in [2.05, 4.69) is 38.8 Å². The maximum atomic E-state index is 13.9. The summed E-state index contributed by atoms with van der Waals surface area (Å²) in [5, 5.41) is 25.3. The normalized spacial score (nSPS) is 14.9. The van der Waals surface area contributed by atoms with E-state index < -0.39 is 41.7 Å². The minimum Gasteiger partial charge on any atom is -0.355 e. The van der Waals surface area contributed by atoms with Crippen molar-refractivity contribution in [3.8, 4) is 0 Å². The summed E-state index contributed by atoms with van der Waals surface area (Å²) in [6, 6.07) is 1.07. The van der Waals surface area contributed by atoms with Crippen LogP contribution in [0.3, 0.4) is 0 Å². The molecule has 0 saturated heterocycles. The van der Waals surface area contributed by atoms with Gasteiger partial charge in [0, 0.05) is 42.4 Å². The number of quaternary nitrogens is 1. The van der Waals surface area contributed by atoms with Gasteiger partial charge in [-0.3, -0.25) is 24.0 Å². The highest BCUT2D eigenvalue weighted by atomic mass is 19.1. The topological polar surface area (TPSA) is 194 Å². The molecule has 0 spiro atoms. The number of allylic oxidation sites excluding steroid dienone is 1. The maximum Gasteiger partial charge on any atom is 0.251 e. The lowest BCUT2D eigenvalue weighted by molar-refractivity contribution is -0.838. The molecule has 1 rings (SSSR count). The van der Waals surface area contributed by atoms with Crippen molar-refractivity contribution in [1.82, 2.24) is 31.9 Å². The molecule has 2 unspecified atom stereocenters. The molecule has 15 heteroatoms. The van der Waals surface area contributed by atoms with E-state index in [1.54, 1.807) is 26.8 Å². The van der Waals surface area contributed by atoms with Crippen molar-refractivity contribution in [1.29, 1.82) is 0 Å². The molecule has 0 saturated carbocycles. The lowest BCUT2D eigenvalue weighted by Crippen LogP contribution is -2.73. The number of halogens is 2. The molecule has 5 amide bonds. The molecule has 0 aliphatic carbocycles. The number of amides is 5. The maximum absolute atomic E-state index is 13.9. The Labute approximate surface area is 307 Å². The van der Waals surface area contributed by atoms with Gasteiger partial charge in [0.2, 0.25) is 24.1 Å². The van der Waals surface area contributed by atoms with Crippen LogP contribution in [0.2, 0.25) is 0 Å². The Hall–Kier alpha value is -4.21. The van der Waals surface area contributed by atoms with Crippen molar-refractivity contribution in [2.75, 3.05) is 13.1 Å². The average Bonchev–Trinajstić information content (AvgIpc) is 3.09. The first-order valence-electron chi connectivity index (χ1n) is 18.0. The zero-order valence-corrected chi connectivity index (χ0v) is 32.1. The van der Waals surface area contributed by atoms with Crippen molar-refractivity contribution in [3.63, 3.8) is 0 Å². The number of benzene rings is 1. The molecule has 0 heterocycles. The molecule has 0 bridgehead atoms. The number of hydroxylamine groups is 1. The second-order valence-corrected chi connectivity index (χ2v) is 12.9. The van der Waals surface area contributed by atoms with Crippen molar-refractivity contribution in [2.45, 2.75) is 118 Å². The van der Waals surface area contributed by atoms with Crippen LogP contribution in [0, 0.1) is 23.5 Å². The molecule has 13 nitrogen and oxygen atoms in total. The van der Waals surface area contributed by atoms with Crippen LogP contribution in [0.1, 0.15) is 87.1 Å². The van der Waals surface area contributed by atoms with E-state index >= 15 is 0 Å². The van der Waals surface area contributed by atoms with Crippen molar-refractivity contribution < 1.29 is 43.4 Å². The van der Waals surface area contributed by atoms with E-state index in [9.17, 15) is 32.8 Å². The van der Waals surface area contributed by atoms with Gasteiger partial charge in [0.1, 0.15) is 29.9 Å². The first kappa shape index (κ1) is 47.8. The fourth-order valence-electron chi connectivity index (χ4n) is 4.98. The monoisotopic (exact) mass is 738 g/mol. The molecule has 1 aromatic carbocycles. The summed E-state index contributed by atoms with van der Waals surface area (Å²) in [5.74, 6) is -2.61. The highest BCUT2D eigenvalue weighted by Gasteiger charge is 2.28. The Morgan fingerprint density at radius 3 is 2.04 bits per heavy atom. The lowest BCUT2D eigenvalue weighted by atomic mass is 9.97. The first-order valence-corrected chi connectivity index (χ1v) is 18.0. The average molecular weight is 739 g/mol. The second kappa shape index (κ2) is 26.5. The molecule has 0 fully saturated rings. The number of carbonyl (C=O) groups is 5. The number of hydrogen-bond donors (Lipinski definition) is 8. The van der Waals surface area contributed by atoms with Crippen LogP contribution in [0.25, 0.3) is 0 Å². The quantitative estimate of drug-likeness (QED) is 0.0386. The van der Waals surface area contributed by atoms with Crippen molar-refractivity contribution in [3.05, 3.63) is 59.3 Å². The summed E-state index contributed by atoms with van der Waals surface area (Å²) >= 11 is 0. The van der Waals surface area contributed by atoms with Gasteiger partial charge < -0.3 is 31.9 Å². The minimum absolute atomic E-state index is 0.0271. The SMILES string of the molecule is C/C=C(\C=C/[NH2+]O)C(=O)N[C@H](C(=O)NC(C)CCC)[C@@H](C)CC.CCNC(=O)[C@@H](NC(=O)C(C)NC[C@H](Cc1c(F)cccc1F)NC=O)C(C)C. The van der Waals surface area contributed by atoms with Crippen LogP contribution in [0.5, 0.6) is 0 Å². The van der Waals surface area contributed by atoms with E-state index in [0.29, 0.717) is 18.5 Å². The fourth-order valence-corrected chi connectivity index (χ4v) is 4.98. The van der Waals surface area contributed by atoms with Gasteiger partial charge in [-0.1, -0.05) is 59.6 Å². The van der Waals surface area contributed by atoms with Gasteiger partial charge in [0.25, 0.3) is 5.91 Å². The number of likely N-dealkylation sites (N-methyl/N-ethyl adjacent to an activating group) is 1. The fraction of sp³-hybridized carbons (Fsp3) is 0.595. The molecule has 9 N–H and O–H groups in total. The molecule has 1 aromatic rings. The molecule has 6 atom stereocenters. The molecule has 0 aromatic heterocycles. The molecule has 0 aliphatic rings. The number of rotatable bonds is 22. The highest BCUT2D eigenvalue weighted by Crippen LogP contribution is 2.14. The first-order chi connectivity index (χ1) is 24.6. The lowest BCUT2D eigenvalue weighted by Gasteiger charge is -2.25. The second-order valence-electron chi connectivity index (χ2n) is 12.9. The van der Waals surface area contributed by atoms with Crippen molar-refractivity contribution in [2.24, 2.45) is 11.8 Å². The van der Waals surface area contributed by atoms with Gasteiger partial charge in [0.15, 0.2) is 0 Å². The summed E-state index contributed by atoms with van der Waals surface area (Å²) < 4.78 is 27.7. The van der Waals surface area contributed by atoms with Gasteiger partial charge in [-0.25, -0.2) is 14.0 Å². The van der Waals surface area contributed by atoms with Crippen LogP contribution in [-0.2, 0) is 30.4 Å². The Morgan fingerprint density at radius 2 is 1.54 bits per heavy atom. The van der Waals surface area contributed by atoms with Crippen LogP contribution in [-0.4, -0.2) is 78.5 Å². The van der Waals surface area contributed by atoms with Crippen LogP contribution < -0.4 is 37.4 Å². The van der Waals surface area contributed by atoms with E-state index in [1.807, 2.05) is 34.6 Å². The van der Waals surface area contributed by atoms with Crippen LogP contribution in [0.15, 0.2) is 42.1 Å². The van der Waals surface area contributed by atoms with E-state index in [1.165, 1.54) is 18.3 Å². The highest BCUT2D eigenvalue weighted by molar-refractivity contribution is 5.99. The zero-order valence-electron chi connectivity index (χ0n) is 32.1. The number of hydrogen-bond acceptors (Lipinski definition) is 7. The summed E-state index contributed by atoms with van der Waals surface area (Å²) in [7, 11) is 0. The number of nitrogens with two attached hydrogens (primary N) is 1. The van der Waals surface area contributed by atoms with Gasteiger partial charge in [0.05, 0.1) is 6.04 Å². The molecular formula is C37H62F2N7O6+. The Bertz CT molecular complexity index is 1310. The van der Waals surface area contributed by atoms with E-state index in [-0.39, 0.29) is 54.1 Å². The van der Waals surface area contributed by atoms with E-state index in [0.717, 1.165) is 36.9 Å². The Balaban J connectivity index is 0.00000103. The third kappa shape index (κ3) is 17.8. The largest absolute Gasteiger partial charge is 0.355 e. The summed E-state index contributed by atoms with van der Waals surface area (Å²) in [6.45, 7) is 17.3. The van der Waals surface area contributed by atoms with Crippen LogP contribution in [0.4, 0.5) is 8.78 Å². The standard InChI is InChI=1S/C20H30F2N4O3.C17H31N3O3/c1-5-23-20(29)18(12(2)3)26-19(28)13(4)24-10-14(25-11-27)9-15-16(21)7-6-8-17(15)22;1-6-9-13(5)19-17(22)15(12(4)7-2)20-16(21)14(8-3)10-11-18-23/h6-8,11-14,18,24H,5,9-10H2,1-4H3,(H,23,29)(H,25,27)(H,26,28);8,10-13,15,18,23H,6-7,9H2,1-5H3,(H,19,22)(H,20,21)/p+1/b;11-10-,14-8+/t13?,14-,18-;12-,13?,15-/m00/s1. The van der Waals surface area contributed by atoms with Gasteiger partial charge in [-0.2, -0.15) is 5.48 Å². The third-order valence-electron chi connectivity index (χ3n) is 8.31. The Morgan fingerprint density at radius 1 is 0.904 bits per heavy atom. The number of carbonyl (C=O) groups excluding carboxylic acids is 5. The predicted octanol–water partition coefficient (Wildman–Crippen LogP) is 2.11. The zero-order chi connectivity index (χ0) is 39.8. The van der Waals surface area contributed by atoms with Gasteiger partial charge in [-0.15, -0.1) is 0 Å². The molecule has 52 heavy (non-hydrogen) atoms. The van der Waals surface area contributed by atoms with Gasteiger partial charge >= 0.3 is 0 Å². The van der Waals surface area contributed by atoms with Gasteiger partial charge in [-0.05, 0) is 64.5 Å². The van der Waals surface area contributed by atoms with Crippen LogP contribution >= 0.6 is 0 Å². The Kier molecular flexibility index (Phi) is 24.4. The molecule has 294 valence electrons. The molecule has 0 radical (unpaired) electrons. The molecule has 0 aliphatic heterocycles. The summed E-state index contributed by atoms with van der Waals surface area (Å²) in [5.41, 5.74) is 1.13. The number of nitrogens with one attached hydrogen (secondary N) is 6. The minimum atomic E-state index is -0.699. The predicted molar refractivity (Wildman–Crippen MR) is 196 cm³/mol. The molecular weight excluding hydrogens is 676 g/mol.